The molecule has 1 aromatic carbocycles. The minimum Gasteiger partial charge on any atom is -0.460 e. The highest BCUT2D eigenvalue weighted by molar-refractivity contribution is 9.10. The van der Waals surface area contributed by atoms with Crippen LogP contribution in [0.3, 0.4) is 0 Å². The van der Waals surface area contributed by atoms with E-state index in [4.69, 9.17) is 4.74 Å². The molecule has 0 unspecified atom stereocenters. The molecule has 2 aromatic rings. The molecule has 1 aromatic heterocycles. The first-order chi connectivity index (χ1) is 8.95. The molecule has 1 N–H and O–H groups in total. The molecule has 7 heteroatoms. The average molecular weight is 329 g/mol. The van der Waals surface area contributed by atoms with Crippen LogP contribution in [0.5, 0.6) is 0 Å². The van der Waals surface area contributed by atoms with E-state index in [1.54, 1.807) is 13.8 Å². The lowest BCUT2D eigenvalue weighted by Crippen LogP contribution is -2.18. The number of nitrogens with one attached hydrogen (secondary N) is 1. The number of esters is 1. The molecule has 0 amide bonds. The molecule has 0 saturated carbocycles. The quantitative estimate of drug-likeness (QED) is 0.858. The zero-order valence-corrected chi connectivity index (χ0v) is 11.8. The number of hydrogen-bond acceptors (Lipinski definition) is 4. The van der Waals surface area contributed by atoms with E-state index in [0.29, 0.717) is 5.56 Å². The monoisotopic (exact) mass is 328 g/mol. The summed E-state index contributed by atoms with van der Waals surface area (Å²) in [6.45, 7) is 3.42. The molecule has 0 aliphatic heterocycles. The molecular formula is C12H10BrFN2O3. The lowest BCUT2D eigenvalue weighted by atomic mass is 10.1. The van der Waals surface area contributed by atoms with Gasteiger partial charge in [-0.1, -0.05) is 0 Å². The lowest BCUT2D eigenvalue weighted by molar-refractivity contribution is 0.0512. The van der Waals surface area contributed by atoms with Crippen molar-refractivity contribution in [3.05, 3.63) is 38.1 Å². The second-order valence-electron chi connectivity index (χ2n) is 3.85. The maximum atomic E-state index is 14.1. The second-order valence-corrected chi connectivity index (χ2v) is 4.65. The van der Waals surface area contributed by atoms with Gasteiger partial charge in [-0.3, -0.25) is 4.79 Å². The van der Waals surface area contributed by atoms with Gasteiger partial charge in [0.1, 0.15) is 5.52 Å². The van der Waals surface area contributed by atoms with Crippen molar-refractivity contribution >= 4 is 32.8 Å². The average Bonchev–Trinajstić information content (AvgIpc) is 2.37. The van der Waals surface area contributed by atoms with Gasteiger partial charge in [0.2, 0.25) is 5.82 Å². The number of aryl methyl sites for hydroxylation is 1. The maximum absolute atomic E-state index is 14.1. The Balaban J connectivity index is 2.76. The van der Waals surface area contributed by atoms with Crippen LogP contribution in [0.25, 0.3) is 10.9 Å². The highest BCUT2D eigenvalue weighted by Gasteiger charge is 2.17. The van der Waals surface area contributed by atoms with Gasteiger partial charge in [0.15, 0.2) is 5.82 Å². The maximum Gasteiger partial charge on any atom is 0.374 e. The van der Waals surface area contributed by atoms with Crippen LogP contribution in [0.15, 0.2) is 15.3 Å². The molecule has 2 rings (SSSR count). The molecule has 0 radical (unpaired) electrons. The van der Waals surface area contributed by atoms with E-state index < -0.39 is 17.3 Å². The molecule has 0 spiro atoms. The van der Waals surface area contributed by atoms with Gasteiger partial charge < -0.3 is 9.72 Å². The van der Waals surface area contributed by atoms with Crippen LogP contribution in [-0.2, 0) is 4.74 Å². The highest BCUT2D eigenvalue weighted by atomic mass is 79.9. The molecule has 100 valence electrons. The van der Waals surface area contributed by atoms with Gasteiger partial charge in [0.05, 0.1) is 16.5 Å². The fourth-order valence-corrected chi connectivity index (χ4v) is 1.94. The predicted molar refractivity (Wildman–Crippen MR) is 70.7 cm³/mol. The van der Waals surface area contributed by atoms with Crippen LogP contribution >= 0.6 is 15.9 Å². The number of carbonyl (C=O) groups excluding carboxylic acids is 1. The predicted octanol–water partition coefficient (Wildman–Crippen LogP) is 2.31. The molecule has 0 saturated heterocycles. The van der Waals surface area contributed by atoms with E-state index in [9.17, 15) is 14.0 Å². The Bertz CT molecular complexity index is 727. The number of carbonyl (C=O) groups is 1. The molecule has 0 aliphatic carbocycles. The van der Waals surface area contributed by atoms with Crippen molar-refractivity contribution in [2.45, 2.75) is 13.8 Å². The van der Waals surface area contributed by atoms with Gasteiger partial charge in [-0.05, 0) is 41.4 Å². The first-order valence-corrected chi connectivity index (χ1v) is 6.30. The normalized spacial score (nSPS) is 10.7. The van der Waals surface area contributed by atoms with Gasteiger partial charge in [0.25, 0.3) is 5.56 Å². The lowest BCUT2D eigenvalue weighted by Gasteiger charge is -2.06. The van der Waals surface area contributed by atoms with Gasteiger partial charge in [-0.15, -0.1) is 0 Å². The Morgan fingerprint density at radius 1 is 1.58 bits per heavy atom. The van der Waals surface area contributed by atoms with Crippen molar-refractivity contribution in [1.82, 2.24) is 9.97 Å². The van der Waals surface area contributed by atoms with Gasteiger partial charge in [-0.2, -0.15) is 0 Å². The Kier molecular flexibility index (Phi) is 3.66. The van der Waals surface area contributed by atoms with E-state index in [2.05, 4.69) is 25.9 Å². The summed E-state index contributed by atoms with van der Waals surface area (Å²) in [5.74, 6) is -1.78. The zero-order valence-electron chi connectivity index (χ0n) is 10.2. The minimum absolute atomic E-state index is 0.0891. The van der Waals surface area contributed by atoms with E-state index in [1.165, 1.54) is 6.07 Å². The number of fused-ring (bicyclic) bond motifs is 1. The van der Waals surface area contributed by atoms with Crippen molar-refractivity contribution in [2.75, 3.05) is 6.61 Å². The topological polar surface area (TPSA) is 72.0 Å². The van der Waals surface area contributed by atoms with Crippen molar-refractivity contribution in [3.8, 4) is 0 Å². The summed E-state index contributed by atoms with van der Waals surface area (Å²) in [6, 6.07) is 1.50. The number of benzene rings is 1. The molecule has 0 bridgehead atoms. The van der Waals surface area contributed by atoms with E-state index in [1.807, 2.05) is 0 Å². The highest BCUT2D eigenvalue weighted by Crippen LogP contribution is 2.25. The van der Waals surface area contributed by atoms with Gasteiger partial charge >= 0.3 is 5.97 Å². The Morgan fingerprint density at radius 2 is 2.26 bits per heavy atom. The second kappa shape index (κ2) is 5.08. The largest absolute Gasteiger partial charge is 0.460 e. The van der Waals surface area contributed by atoms with Gasteiger partial charge in [0, 0.05) is 0 Å². The third-order valence-electron chi connectivity index (χ3n) is 2.53. The van der Waals surface area contributed by atoms with Crippen molar-refractivity contribution in [2.24, 2.45) is 0 Å². The van der Waals surface area contributed by atoms with Crippen molar-refractivity contribution in [3.63, 3.8) is 0 Å². The fourth-order valence-electron chi connectivity index (χ4n) is 1.64. The summed E-state index contributed by atoms with van der Waals surface area (Å²) >= 11 is 3.07. The van der Waals surface area contributed by atoms with E-state index >= 15 is 0 Å². The number of hydrogen-bond donors (Lipinski definition) is 1. The summed E-state index contributed by atoms with van der Waals surface area (Å²) in [7, 11) is 0. The summed E-state index contributed by atoms with van der Waals surface area (Å²) in [6.07, 6.45) is 0. The Morgan fingerprint density at radius 3 is 2.89 bits per heavy atom. The number of H-pyrrole nitrogens is 1. The van der Waals surface area contributed by atoms with Crippen LogP contribution in [0, 0.1) is 12.7 Å². The Labute approximate surface area is 115 Å². The van der Waals surface area contributed by atoms with E-state index in [-0.39, 0.29) is 27.8 Å². The van der Waals surface area contributed by atoms with E-state index in [0.717, 1.165) is 0 Å². The van der Waals surface area contributed by atoms with Crippen LogP contribution in [0.2, 0.25) is 0 Å². The fraction of sp³-hybridized carbons (Fsp3) is 0.250. The number of ether oxygens (including phenoxy) is 1. The molecule has 19 heavy (non-hydrogen) atoms. The molecule has 0 fully saturated rings. The number of aromatic amines is 1. The number of halogens is 2. The summed E-state index contributed by atoms with van der Waals surface area (Å²) in [5.41, 5.74) is -0.173. The Hall–Kier alpha value is -1.76. The molecule has 5 nitrogen and oxygen atoms in total. The van der Waals surface area contributed by atoms with Crippen LogP contribution < -0.4 is 5.56 Å². The number of nitrogens with zero attached hydrogens (tertiary/aromatic N) is 1. The van der Waals surface area contributed by atoms with Crippen molar-refractivity contribution in [1.29, 1.82) is 0 Å². The molecular weight excluding hydrogens is 319 g/mol. The molecule has 1 heterocycles. The molecule has 0 atom stereocenters. The van der Waals surface area contributed by atoms with Crippen LogP contribution in [0.4, 0.5) is 4.39 Å². The number of rotatable bonds is 2. The van der Waals surface area contributed by atoms with Crippen LogP contribution in [-0.4, -0.2) is 22.5 Å². The first kappa shape index (κ1) is 13.7. The smallest absolute Gasteiger partial charge is 0.374 e. The zero-order chi connectivity index (χ0) is 14.2. The van der Waals surface area contributed by atoms with Crippen molar-refractivity contribution < 1.29 is 13.9 Å². The third kappa shape index (κ3) is 2.37. The summed E-state index contributed by atoms with van der Waals surface area (Å²) in [5, 5.41) is 0.0891. The first-order valence-electron chi connectivity index (χ1n) is 5.51. The summed E-state index contributed by atoms with van der Waals surface area (Å²) < 4.78 is 19.0. The molecule has 0 aliphatic rings. The standard InChI is InChI=1S/C12H10BrFN2O3/c1-3-19-12(18)10-15-9-6(11(17)16-10)4-5(2)7(13)8(9)14/h4H,3H2,1-2H3,(H,15,16,17). The SMILES string of the molecule is CCOC(=O)c1nc2c(F)c(Br)c(C)cc2c(=O)[nH]1. The minimum atomic E-state index is -0.794. The number of aromatic nitrogens is 2. The van der Waals surface area contributed by atoms with Crippen LogP contribution in [0.1, 0.15) is 23.1 Å². The van der Waals surface area contributed by atoms with Gasteiger partial charge in [-0.25, -0.2) is 14.2 Å². The summed E-state index contributed by atoms with van der Waals surface area (Å²) in [4.78, 5) is 29.5. The third-order valence-corrected chi connectivity index (χ3v) is 3.51.